The molecule has 1 unspecified atom stereocenters. The lowest BCUT2D eigenvalue weighted by Crippen LogP contribution is -2.51. The van der Waals surface area contributed by atoms with Gasteiger partial charge in [-0.15, -0.1) is 0 Å². The van der Waals surface area contributed by atoms with Gasteiger partial charge in [0.05, 0.1) is 7.11 Å². The summed E-state index contributed by atoms with van der Waals surface area (Å²) in [6, 6.07) is 5.89. The van der Waals surface area contributed by atoms with Crippen molar-refractivity contribution in [3.05, 3.63) is 33.3 Å². The third-order valence-corrected chi connectivity index (χ3v) is 4.72. The lowest BCUT2D eigenvalue weighted by Gasteiger charge is -2.32. The SMILES string of the molecule is COC(=O)C(C)(NC1CCCC1)c1ccc(Br)cc1Cl. The van der Waals surface area contributed by atoms with Crippen LogP contribution in [0.3, 0.4) is 0 Å². The smallest absolute Gasteiger partial charge is 0.330 e. The summed E-state index contributed by atoms with van der Waals surface area (Å²) in [5, 5.41) is 4.00. The Morgan fingerprint density at radius 1 is 1.45 bits per heavy atom. The van der Waals surface area contributed by atoms with E-state index in [9.17, 15) is 4.79 Å². The molecule has 1 aromatic carbocycles. The van der Waals surface area contributed by atoms with E-state index in [2.05, 4.69) is 21.2 Å². The predicted octanol–water partition coefficient (Wildman–Crippen LogP) is 4.02. The molecule has 0 saturated heterocycles. The summed E-state index contributed by atoms with van der Waals surface area (Å²) in [4.78, 5) is 12.3. The average Bonchev–Trinajstić information content (AvgIpc) is 2.90. The molecule has 0 bridgehead atoms. The van der Waals surface area contributed by atoms with Crippen molar-refractivity contribution in [1.29, 1.82) is 0 Å². The van der Waals surface area contributed by atoms with Crippen LogP contribution in [0.25, 0.3) is 0 Å². The summed E-state index contributed by atoms with van der Waals surface area (Å²) in [6.45, 7) is 1.84. The van der Waals surface area contributed by atoms with Crippen LogP contribution >= 0.6 is 27.5 Å². The number of methoxy groups -OCH3 is 1. The van der Waals surface area contributed by atoms with Gasteiger partial charge in [0, 0.05) is 21.1 Å². The van der Waals surface area contributed by atoms with Crippen molar-refractivity contribution in [3.63, 3.8) is 0 Å². The first-order valence-electron chi connectivity index (χ1n) is 6.79. The van der Waals surface area contributed by atoms with E-state index in [1.807, 2.05) is 19.1 Å². The van der Waals surface area contributed by atoms with Gasteiger partial charge in [-0.05, 0) is 31.9 Å². The standard InChI is InChI=1S/C15H19BrClNO2/c1-15(14(19)20-2,18-11-5-3-4-6-11)12-8-7-10(16)9-13(12)17/h7-9,11,18H,3-6H2,1-2H3. The van der Waals surface area contributed by atoms with Crippen LogP contribution in [0.15, 0.2) is 22.7 Å². The number of carbonyl (C=O) groups is 1. The Bertz CT molecular complexity index is 503. The van der Waals surface area contributed by atoms with Crippen LogP contribution in [0.1, 0.15) is 38.2 Å². The van der Waals surface area contributed by atoms with Gasteiger partial charge in [0.25, 0.3) is 0 Å². The molecule has 5 heteroatoms. The summed E-state index contributed by atoms with van der Waals surface area (Å²) in [5.41, 5.74) is -0.164. The van der Waals surface area contributed by atoms with Crippen molar-refractivity contribution >= 4 is 33.5 Å². The van der Waals surface area contributed by atoms with Crippen LogP contribution in [0, 0.1) is 0 Å². The molecule has 0 amide bonds. The normalized spacial score (nSPS) is 18.8. The van der Waals surface area contributed by atoms with Crippen LogP contribution in [0.2, 0.25) is 5.02 Å². The fraction of sp³-hybridized carbons (Fsp3) is 0.533. The minimum Gasteiger partial charge on any atom is -0.467 e. The highest BCUT2D eigenvalue weighted by Crippen LogP contribution is 2.33. The third-order valence-electron chi connectivity index (χ3n) is 3.91. The highest BCUT2D eigenvalue weighted by molar-refractivity contribution is 9.10. The zero-order chi connectivity index (χ0) is 14.8. The topological polar surface area (TPSA) is 38.3 Å². The average molecular weight is 361 g/mol. The van der Waals surface area contributed by atoms with E-state index in [1.54, 1.807) is 6.07 Å². The van der Waals surface area contributed by atoms with Crippen LogP contribution in [0.5, 0.6) is 0 Å². The second-order valence-corrected chi connectivity index (χ2v) is 6.69. The molecule has 1 N–H and O–H groups in total. The molecule has 1 aliphatic rings. The molecule has 1 atom stereocenters. The molecule has 3 nitrogen and oxygen atoms in total. The van der Waals surface area contributed by atoms with Crippen molar-refractivity contribution < 1.29 is 9.53 Å². The summed E-state index contributed by atoms with van der Waals surface area (Å²) >= 11 is 9.71. The maximum Gasteiger partial charge on any atom is 0.330 e. The lowest BCUT2D eigenvalue weighted by molar-refractivity contribution is -0.148. The molecule has 1 fully saturated rings. The fourth-order valence-electron chi connectivity index (χ4n) is 2.82. The molecule has 20 heavy (non-hydrogen) atoms. The Hall–Kier alpha value is -0.580. The molecule has 1 aromatic rings. The zero-order valence-corrected chi connectivity index (χ0v) is 14.1. The van der Waals surface area contributed by atoms with Gasteiger partial charge in [-0.25, -0.2) is 4.79 Å². The quantitative estimate of drug-likeness (QED) is 0.824. The van der Waals surface area contributed by atoms with Crippen LogP contribution in [-0.4, -0.2) is 19.1 Å². The van der Waals surface area contributed by atoms with Crippen LogP contribution in [-0.2, 0) is 15.1 Å². The highest BCUT2D eigenvalue weighted by atomic mass is 79.9. The number of halogens is 2. The molecular weight excluding hydrogens is 342 g/mol. The number of benzene rings is 1. The molecular formula is C15H19BrClNO2. The molecule has 0 spiro atoms. The van der Waals surface area contributed by atoms with Crippen molar-refractivity contribution in [2.24, 2.45) is 0 Å². The number of hydrogen-bond donors (Lipinski definition) is 1. The van der Waals surface area contributed by atoms with Gasteiger partial charge >= 0.3 is 5.97 Å². The molecule has 110 valence electrons. The molecule has 2 rings (SSSR count). The van der Waals surface area contributed by atoms with E-state index in [4.69, 9.17) is 16.3 Å². The molecule has 0 heterocycles. The van der Waals surface area contributed by atoms with Gasteiger partial charge in [-0.1, -0.05) is 46.4 Å². The van der Waals surface area contributed by atoms with Gasteiger partial charge in [-0.2, -0.15) is 0 Å². The summed E-state index contributed by atoms with van der Waals surface area (Å²) in [6.07, 6.45) is 4.56. The predicted molar refractivity (Wildman–Crippen MR) is 83.9 cm³/mol. The summed E-state index contributed by atoms with van der Waals surface area (Å²) in [5.74, 6) is -0.311. The number of rotatable bonds is 4. The largest absolute Gasteiger partial charge is 0.467 e. The van der Waals surface area contributed by atoms with E-state index >= 15 is 0 Å². The van der Waals surface area contributed by atoms with Gasteiger partial charge in [0.1, 0.15) is 5.54 Å². The second-order valence-electron chi connectivity index (χ2n) is 5.37. The van der Waals surface area contributed by atoms with Gasteiger partial charge in [0.15, 0.2) is 0 Å². The summed E-state index contributed by atoms with van der Waals surface area (Å²) < 4.78 is 5.88. The first-order chi connectivity index (χ1) is 9.47. The number of esters is 1. The van der Waals surface area contributed by atoms with Crippen molar-refractivity contribution in [2.45, 2.75) is 44.2 Å². The van der Waals surface area contributed by atoms with E-state index in [1.165, 1.54) is 20.0 Å². The molecule has 0 radical (unpaired) electrons. The van der Waals surface area contributed by atoms with E-state index in [-0.39, 0.29) is 5.97 Å². The number of nitrogens with one attached hydrogen (secondary N) is 1. The minimum absolute atomic E-state index is 0.311. The molecule has 1 saturated carbocycles. The number of carbonyl (C=O) groups excluding carboxylic acids is 1. The molecule has 0 aliphatic heterocycles. The lowest BCUT2D eigenvalue weighted by atomic mass is 9.90. The highest BCUT2D eigenvalue weighted by Gasteiger charge is 2.40. The van der Waals surface area contributed by atoms with E-state index in [0.717, 1.165) is 22.9 Å². The minimum atomic E-state index is -0.915. The monoisotopic (exact) mass is 359 g/mol. The van der Waals surface area contributed by atoms with Gasteiger partial charge in [0.2, 0.25) is 0 Å². The Morgan fingerprint density at radius 3 is 2.65 bits per heavy atom. The van der Waals surface area contributed by atoms with E-state index < -0.39 is 5.54 Å². The number of ether oxygens (including phenoxy) is 1. The maximum atomic E-state index is 12.3. The molecule has 1 aliphatic carbocycles. The van der Waals surface area contributed by atoms with Gasteiger partial charge < -0.3 is 4.74 Å². The first kappa shape index (κ1) is 15.8. The van der Waals surface area contributed by atoms with Crippen molar-refractivity contribution in [1.82, 2.24) is 5.32 Å². The number of hydrogen-bond acceptors (Lipinski definition) is 3. The zero-order valence-electron chi connectivity index (χ0n) is 11.7. The Morgan fingerprint density at radius 2 is 2.10 bits per heavy atom. The van der Waals surface area contributed by atoms with Crippen LogP contribution in [0.4, 0.5) is 0 Å². The first-order valence-corrected chi connectivity index (χ1v) is 7.96. The fourth-order valence-corrected chi connectivity index (χ4v) is 3.69. The second kappa shape index (κ2) is 6.46. The van der Waals surface area contributed by atoms with E-state index in [0.29, 0.717) is 11.1 Å². The van der Waals surface area contributed by atoms with Crippen LogP contribution < -0.4 is 5.32 Å². The molecule has 0 aromatic heterocycles. The van der Waals surface area contributed by atoms with Crippen molar-refractivity contribution in [3.8, 4) is 0 Å². The third kappa shape index (κ3) is 3.18. The Kier molecular flexibility index (Phi) is 5.10. The van der Waals surface area contributed by atoms with Gasteiger partial charge in [-0.3, -0.25) is 5.32 Å². The van der Waals surface area contributed by atoms with Crippen molar-refractivity contribution in [2.75, 3.05) is 7.11 Å². The summed E-state index contributed by atoms with van der Waals surface area (Å²) in [7, 11) is 1.41. The Labute approximate surface area is 133 Å². The maximum absolute atomic E-state index is 12.3. The Balaban J connectivity index is 2.37.